The summed E-state index contributed by atoms with van der Waals surface area (Å²) in [6.07, 6.45) is 7.37. The molecule has 0 aliphatic carbocycles. The number of hydrogen-bond acceptors (Lipinski definition) is 5. The average molecular weight is 504 g/mol. The van der Waals surface area contributed by atoms with Gasteiger partial charge in [-0.25, -0.2) is 14.4 Å². The number of amides is 1. The number of likely N-dealkylation sites (tertiary alicyclic amines) is 2. The number of nitrogens with one attached hydrogen (secondary N) is 2. The van der Waals surface area contributed by atoms with Gasteiger partial charge in [0.2, 0.25) is 0 Å². The van der Waals surface area contributed by atoms with Gasteiger partial charge < -0.3 is 24.7 Å². The maximum absolute atomic E-state index is 15.4. The summed E-state index contributed by atoms with van der Waals surface area (Å²) < 4.78 is 17.6. The molecule has 4 aromatic rings. The van der Waals surface area contributed by atoms with E-state index in [2.05, 4.69) is 48.7 Å². The molecule has 9 heteroatoms. The number of carbonyl (C=O) groups is 1. The van der Waals surface area contributed by atoms with Crippen LogP contribution >= 0.6 is 0 Å². The molecule has 8 nitrogen and oxygen atoms in total. The number of rotatable bonds is 4. The van der Waals surface area contributed by atoms with Crippen LogP contribution in [0.25, 0.3) is 33.2 Å². The lowest BCUT2D eigenvalue weighted by atomic mass is 10.0. The minimum Gasteiger partial charge on any atom is -0.349 e. The van der Waals surface area contributed by atoms with Gasteiger partial charge in [-0.1, -0.05) is 0 Å². The molecule has 0 bridgehead atoms. The van der Waals surface area contributed by atoms with Gasteiger partial charge in [-0.15, -0.1) is 0 Å². The molecule has 0 unspecified atom stereocenters. The summed E-state index contributed by atoms with van der Waals surface area (Å²) in [5, 5.41) is 3.97. The highest BCUT2D eigenvalue weighted by atomic mass is 19.1. The van der Waals surface area contributed by atoms with Crippen molar-refractivity contribution in [2.24, 2.45) is 0 Å². The van der Waals surface area contributed by atoms with Gasteiger partial charge >= 0.3 is 0 Å². The quantitative estimate of drug-likeness (QED) is 0.438. The van der Waals surface area contributed by atoms with Crippen LogP contribution in [-0.4, -0.2) is 81.5 Å². The maximum atomic E-state index is 15.4. The number of aromatic nitrogens is 4. The van der Waals surface area contributed by atoms with Crippen LogP contribution in [0.15, 0.2) is 30.6 Å². The number of pyridine rings is 1. The Kier molecular flexibility index (Phi) is 6.20. The van der Waals surface area contributed by atoms with E-state index in [9.17, 15) is 4.79 Å². The maximum Gasteiger partial charge on any atom is 0.253 e. The number of H-pyrrole nitrogens is 1. The van der Waals surface area contributed by atoms with Gasteiger partial charge in [-0.05, 0) is 96.6 Å². The van der Waals surface area contributed by atoms with Gasteiger partial charge in [-0.2, -0.15) is 0 Å². The molecule has 2 fully saturated rings. The van der Waals surface area contributed by atoms with E-state index >= 15 is 4.39 Å². The fourth-order valence-corrected chi connectivity index (χ4v) is 5.93. The lowest BCUT2D eigenvalue weighted by Gasteiger charge is -2.30. The normalized spacial score (nSPS) is 18.7. The van der Waals surface area contributed by atoms with Crippen molar-refractivity contribution in [2.75, 3.05) is 40.3 Å². The van der Waals surface area contributed by atoms with E-state index in [1.807, 2.05) is 25.3 Å². The van der Waals surface area contributed by atoms with E-state index in [0.717, 1.165) is 79.7 Å². The molecule has 0 atom stereocenters. The summed E-state index contributed by atoms with van der Waals surface area (Å²) in [5.74, 6) is 0.392. The highest BCUT2D eigenvalue weighted by Gasteiger charge is 2.24. The van der Waals surface area contributed by atoms with E-state index in [0.29, 0.717) is 22.8 Å². The van der Waals surface area contributed by atoms with Crippen molar-refractivity contribution < 1.29 is 9.18 Å². The van der Waals surface area contributed by atoms with Crippen LogP contribution < -0.4 is 5.32 Å². The lowest BCUT2D eigenvalue weighted by molar-refractivity contribution is 0.0916. The van der Waals surface area contributed by atoms with Crippen molar-refractivity contribution in [1.82, 2.24) is 34.6 Å². The van der Waals surface area contributed by atoms with Crippen LogP contribution in [0.3, 0.4) is 0 Å². The monoisotopic (exact) mass is 503 g/mol. The van der Waals surface area contributed by atoms with E-state index in [1.165, 1.54) is 0 Å². The highest BCUT2D eigenvalue weighted by molar-refractivity contribution is 6.02. The van der Waals surface area contributed by atoms with Crippen LogP contribution in [0.1, 0.15) is 47.9 Å². The van der Waals surface area contributed by atoms with Gasteiger partial charge in [-0.3, -0.25) is 4.79 Å². The molecule has 2 saturated heterocycles. The SMILES string of the molecule is Cc1nc2c(F)cc(-c3c[nH]c4ncc(C(=O)NC5CCN(C)CC5)cc34)cc2n1C1CCN(C)CC1. The topological polar surface area (TPSA) is 82.1 Å². The summed E-state index contributed by atoms with van der Waals surface area (Å²) in [6, 6.07) is 5.91. The molecule has 1 aromatic carbocycles. The molecule has 6 rings (SSSR count). The molecule has 1 amide bonds. The molecule has 2 aliphatic rings. The van der Waals surface area contributed by atoms with Gasteiger partial charge in [0.05, 0.1) is 11.1 Å². The van der Waals surface area contributed by atoms with E-state index in [4.69, 9.17) is 0 Å². The molecule has 0 spiro atoms. The molecular formula is C28H34FN7O. The van der Waals surface area contributed by atoms with Crippen LogP contribution in [0, 0.1) is 12.7 Å². The van der Waals surface area contributed by atoms with Crippen molar-refractivity contribution in [3.63, 3.8) is 0 Å². The summed E-state index contributed by atoms with van der Waals surface area (Å²) in [6.45, 7) is 5.95. The van der Waals surface area contributed by atoms with E-state index in [-0.39, 0.29) is 17.8 Å². The molecule has 2 N–H and O–H groups in total. The zero-order valence-electron chi connectivity index (χ0n) is 21.7. The van der Waals surface area contributed by atoms with Gasteiger partial charge in [0, 0.05) is 35.4 Å². The van der Waals surface area contributed by atoms with Crippen molar-refractivity contribution in [1.29, 1.82) is 0 Å². The van der Waals surface area contributed by atoms with Crippen LogP contribution in [0.4, 0.5) is 4.39 Å². The van der Waals surface area contributed by atoms with Crippen molar-refractivity contribution >= 4 is 28.0 Å². The molecule has 0 radical (unpaired) electrons. The van der Waals surface area contributed by atoms with Gasteiger partial charge in [0.1, 0.15) is 17.0 Å². The van der Waals surface area contributed by atoms with Crippen LogP contribution in [0.5, 0.6) is 0 Å². The largest absolute Gasteiger partial charge is 0.349 e. The Morgan fingerprint density at radius 2 is 1.76 bits per heavy atom. The zero-order valence-corrected chi connectivity index (χ0v) is 21.7. The Bertz CT molecular complexity index is 1460. The summed E-state index contributed by atoms with van der Waals surface area (Å²) in [7, 11) is 4.24. The number of piperidine rings is 2. The molecule has 37 heavy (non-hydrogen) atoms. The first-order chi connectivity index (χ1) is 17.9. The third-order valence-corrected chi connectivity index (χ3v) is 8.14. The third kappa shape index (κ3) is 4.51. The first-order valence-electron chi connectivity index (χ1n) is 13.2. The van der Waals surface area contributed by atoms with E-state index < -0.39 is 0 Å². The summed E-state index contributed by atoms with van der Waals surface area (Å²) in [4.78, 5) is 29.9. The first kappa shape index (κ1) is 24.1. The number of aryl methyl sites for hydroxylation is 1. The first-order valence-corrected chi connectivity index (χ1v) is 13.2. The predicted molar refractivity (Wildman–Crippen MR) is 143 cm³/mol. The Labute approximate surface area is 215 Å². The third-order valence-electron chi connectivity index (χ3n) is 8.14. The average Bonchev–Trinajstić information content (AvgIpc) is 3.46. The summed E-state index contributed by atoms with van der Waals surface area (Å²) in [5.41, 5.74) is 4.00. The van der Waals surface area contributed by atoms with Gasteiger partial charge in [0.25, 0.3) is 5.91 Å². The second-order valence-corrected chi connectivity index (χ2v) is 10.8. The molecule has 2 aliphatic heterocycles. The second kappa shape index (κ2) is 9.54. The van der Waals surface area contributed by atoms with Gasteiger partial charge in [0.15, 0.2) is 5.82 Å². The second-order valence-electron chi connectivity index (χ2n) is 10.8. The molecule has 5 heterocycles. The minimum absolute atomic E-state index is 0.117. The highest BCUT2D eigenvalue weighted by Crippen LogP contribution is 2.35. The number of aromatic amines is 1. The zero-order chi connectivity index (χ0) is 25.7. The number of carbonyl (C=O) groups excluding carboxylic acids is 1. The Balaban J connectivity index is 1.35. The molecular weight excluding hydrogens is 469 g/mol. The Hall–Kier alpha value is -3.30. The fourth-order valence-electron chi connectivity index (χ4n) is 5.93. The molecule has 0 saturated carbocycles. The van der Waals surface area contributed by atoms with Crippen molar-refractivity contribution in [3.05, 3.63) is 47.8 Å². The number of benzene rings is 1. The lowest BCUT2D eigenvalue weighted by Crippen LogP contribution is -2.43. The number of halogens is 1. The van der Waals surface area contributed by atoms with E-state index in [1.54, 1.807) is 12.3 Å². The van der Waals surface area contributed by atoms with Crippen LogP contribution in [-0.2, 0) is 0 Å². The Morgan fingerprint density at radius 3 is 2.49 bits per heavy atom. The molecule has 3 aromatic heterocycles. The number of imidazole rings is 1. The molecule has 194 valence electrons. The standard InChI is InChI=1S/C28H34FN7O/c1-17-32-26-24(29)13-18(14-25(26)36(17)21-6-10-35(3)11-7-21)23-16-31-27-22(23)12-19(15-30-27)28(37)33-20-4-8-34(2)9-5-20/h12-16,20-21H,4-11H2,1-3H3,(H,30,31)(H,33,37). The Morgan fingerprint density at radius 1 is 1.05 bits per heavy atom. The fraction of sp³-hybridized carbons (Fsp3) is 0.464. The number of hydrogen-bond donors (Lipinski definition) is 2. The predicted octanol–water partition coefficient (Wildman–Crippen LogP) is 4.12. The van der Waals surface area contributed by atoms with Crippen molar-refractivity contribution in [3.8, 4) is 11.1 Å². The number of nitrogens with zero attached hydrogens (tertiary/aromatic N) is 5. The van der Waals surface area contributed by atoms with Crippen molar-refractivity contribution in [2.45, 2.75) is 44.7 Å². The minimum atomic E-state index is -0.333. The summed E-state index contributed by atoms with van der Waals surface area (Å²) >= 11 is 0. The van der Waals surface area contributed by atoms with Crippen LogP contribution in [0.2, 0.25) is 0 Å². The number of fused-ring (bicyclic) bond motifs is 2. The smallest absolute Gasteiger partial charge is 0.253 e.